The molecule has 0 amide bonds. The molecule has 0 bridgehead atoms. The number of benzene rings is 1. The van der Waals surface area contributed by atoms with Crippen LogP contribution in [-0.2, 0) is 0 Å². The molecule has 1 heterocycles. The highest BCUT2D eigenvalue weighted by atomic mass is 15.0. The van der Waals surface area contributed by atoms with E-state index in [2.05, 4.69) is 15.3 Å². The molecule has 1 aliphatic rings. The van der Waals surface area contributed by atoms with Crippen LogP contribution in [0.15, 0.2) is 57.9 Å². The Hall–Kier alpha value is -2.56. The lowest BCUT2D eigenvalue weighted by Gasteiger charge is -2.03. The summed E-state index contributed by atoms with van der Waals surface area (Å²) < 4.78 is 0. The monoisotopic (exact) mass is 255 g/mol. The zero-order valence-corrected chi connectivity index (χ0v) is 10.8. The van der Waals surface area contributed by atoms with Gasteiger partial charge in [0, 0.05) is 37.3 Å². The summed E-state index contributed by atoms with van der Waals surface area (Å²) >= 11 is 0. The zero-order valence-electron chi connectivity index (χ0n) is 10.8. The Morgan fingerprint density at radius 3 is 2.63 bits per heavy atom. The van der Waals surface area contributed by atoms with Crippen molar-refractivity contribution < 1.29 is 0 Å². The molecule has 5 N–H and O–H groups in total. The molecule has 19 heavy (non-hydrogen) atoms. The van der Waals surface area contributed by atoms with Gasteiger partial charge in [-0.15, -0.1) is 0 Å². The molecule has 0 saturated heterocycles. The van der Waals surface area contributed by atoms with Crippen LogP contribution in [0.2, 0.25) is 0 Å². The van der Waals surface area contributed by atoms with E-state index in [1.165, 1.54) is 0 Å². The van der Waals surface area contributed by atoms with Crippen molar-refractivity contribution in [2.75, 3.05) is 12.8 Å². The molecule has 1 aliphatic heterocycles. The minimum Gasteiger partial charge on any atom is -0.401 e. The summed E-state index contributed by atoms with van der Waals surface area (Å²) in [7, 11) is 1.71. The number of nitrogen functional groups attached to an aromatic ring is 1. The van der Waals surface area contributed by atoms with E-state index in [1.807, 2.05) is 30.3 Å². The maximum Gasteiger partial charge on any atom is 0.150 e. The molecule has 0 aromatic heterocycles. The van der Waals surface area contributed by atoms with E-state index < -0.39 is 0 Å². The lowest BCUT2D eigenvalue weighted by molar-refractivity contribution is 1.12. The standard InChI is InChI=1S/C14H17N5/c1-17-14-13(7-6-12(16)9-19-14)18-8-10-2-4-11(15)5-3-10/h2-5,7-9H,6,15-16H2,1H3,(H,17,19). The molecule has 5 nitrogen and oxygen atoms in total. The van der Waals surface area contributed by atoms with Crippen LogP contribution in [0.25, 0.3) is 0 Å². The van der Waals surface area contributed by atoms with Gasteiger partial charge in [-0.25, -0.2) is 0 Å². The first-order valence-corrected chi connectivity index (χ1v) is 5.97. The van der Waals surface area contributed by atoms with Crippen molar-refractivity contribution in [3.63, 3.8) is 0 Å². The van der Waals surface area contributed by atoms with Crippen LogP contribution in [0.3, 0.4) is 0 Å². The Balaban J connectivity index is 2.19. The van der Waals surface area contributed by atoms with Gasteiger partial charge in [-0.1, -0.05) is 12.1 Å². The average Bonchev–Trinajstić information content (AvgIpc) is 2.60. The van der Waals surface area contributed by atoms with Crippen molar-refractivity contribution in [3.05, 3.63) is 53.5 Å². The van der Waals surface area contributed by atoms with Gasteiger partial charge >= 0.3 is 0 Å². The Morgan fingerprint density at radius 2 is 1.95 bits per heavy atom. The second kappa shape index (κ2) is 5.86. The fourth-order valence-electron chi connectivity index (χ4n) is 1.62. The van der Waals surface area contributed by atoms with Crippen molar-refractivity contribution in [2.24, 2.45) is 15.7 Å². The highest BCUT2D eigenvalue weighted by molar-refractivity contribution is 6.00. The topological polar surface area (TPSA) is 88.8 Å². The second-order valence-corrected chi connectivity index (χ2v) is 4.15. The Morgan fingerprint density at radius 1 is 1.21 bits per heavy atom. The lowest BCUT2D eigenvalue weighted by Crippen LogP contribution is -2.19. The van der Waals surface area contributed by atoms with Crippen LogP contribution in [0.4, 0.5) is 5.69 Å². The van der Waals surface area contributed by atoms with Gasteiger partial charge in [0.15, 0.2) is 5.84 Å². The number of allylic oxidation sites excluding steroid dienone is 1. The number of nitrogens with zero attached hydrogens (tertiary/aromatic N) is 2. The number of rotatable bonds is 2. The molecule has 0 saturated carbocycles. The van der Waals surface area contributed by atoms with Gasteiger partial charge in [0.05, 0.1) is 0 Å². The predicted octanol–water partition coefficient (Wildman–Crippen LogP) is 1.39. The first kappa shape index (κ1) is 12.9. The van der Waals surface area contributed by atoms with Crippen LogP contribution in [0.1, 0.15) is 12.0 Å². The largest absolute Gasteiger partial charge is 0.401 e. The molecule has 1 aromatic rings. The van der Waals surface area contributed by atoms with Crippen molar-refractivity contribution in [1.29, 1.82) is 0 Å². The Kier molecular flexibility index (Phi) is 3.97. The molecule has 5 heteroatoms. The Bertz CT molecular complexity index is 564. The van der Waals surface area contributed by atoms with E-state index in [-0.39, 0.29) is 0 Å². The fraction of sp³-hybridized carbons (Fsp3) is 0.143. The van der Waals surface area contributed by atoms with Gasteiger partial charge in [0.2, 0.25) is 0 Å². The summed E-state index contributed by atoms with van der Waals surface area (Å²) in [6.07, 6.45) is 6.12. The zero-order chi connectivity index (χ0) is 13.7. The number of anilines is 1. The highest BCUT2D eigenvalue weighted by Gasteiger charge is 2.07. The van der Waals surface area contributed by atoms with E-state index in [9.17, 15) is 0 Å². The molecular weight excluding hydrogens is 238 g/mol. The second-order valence-electron chi connectivity index (χ2n) is 4.15. The number of nitrogens with one attached hydrogen (secondary N) is 1. The molecule has 98 valence electrons. The maximum absolute atomic E-state index is 5.77. The van der Waals surface area contributed by atoms with Gasteiger partial charge in [-0.05, 0) is 23.8 Å². The fourth-order valence-corrected chi connectivity index (χ4v) is 1.62. The number of hydrogen-bond acceptors (Lipinski definition) is 4. The van der Waals surface area contributed by atoms with Crippen LogP contribution in [-0.4, -0.2) is 19.1 Å². The summed E-state index contributed by atoms with van der Waals surface area (Å²) in [4.78, 5) is 8.60. The van der Waals surface area contributed by atoms with Gasteiger partial charge in [0.1, 0.15) is 5.70 Å². The highest BCUT2D eigenvalue weighted by Crippen LogP contribution is 2.09. The minimum atomic E-state index is 0.653. The number of hydrogen-bond donors (Lipinski definition) is 3. The van der Waals surface area contributed by atoms with Crippen LogP contribution < -0.4 is 16.8 Å². The quantitative estimate of drug-likeness (QED) is 0.551. The van der Waals surface area contributed by atoms with Crippen LogP contribution in [0, 0.1) is 0 Å². The van der Waals surface area contributed by atoms with Crippen LogP contribution in [0.5, 0.6) is 0 Å². The van der Waals surface area contributed by atoms with Gasteiger partial charge in [0.25, 0.3) is 0 Å². The molecule has 1 aromatic carbocycles. The average molecular weight is 255 g/mol. The summed E-state index contributed by atoms with van der Waals surface area (Å²) in [6.45, 7) is 0. The molecule has 0 unspecified atom stereocenters. The van der Waals surface area contributed by atoms with Gasteiger partial charge < -0.3 is 16.8 Å². The minimum absolute atomic E-state index is 0.653. The van der Waals surface area contributed by atoms with Gasteiger partial charge in [-0.3, -0.25) is 9.98 Å². The molecular formula is C14H17N5. The summed E-state index contributed by atoms with van der Waals surface area (Å²) in [5.41, 5.74) is 14.7. The molecule has 0 radical (unpaired) electrons. The number of aliphatic imine (C=N–C) groups is 2. The van der Waals surface area contributed by atoms with E-state index >= 15 is 0 Å². The van der Waals surface area contributed by atoms with E-state index in [0.717, 1.165) is 22.6 Å². The number of nitrogens with two attached hydrogens (primary N) is 2. The smallest absolute Gasteiger partial charge is 0.150 e. The van der Waals surface area contributed by atoms with Crippen molar-refractivity contribution in [2.45, 2.75) is 6.42 Å². The van der Waals surface area contributed by atoms with E-state index in [0.29, 0.717) is 12.3 Å². The summed E-state index contributed by atoms with van der Waals surface area (Å²) in [5, 5.41) is 3.04. The summed E-state index contributed by atoms with van der Waals surface area (Å²) in [6, 6.07) is 7.52. The van der Waals surface area contributed by atoms with Crippen LogP contribution >= 0.6 is 0 Å². The van der Waals surface area contributed by atoms with Crippen molar-refractivity contribution in [1.82, 2.24) is 5.32 Å². The van der Waals surface area contributed by atoms with E-state index in [1.54, 1.807) is 19.5 Å². The molecule has 0 aliphatic carbocycles. The molecule has 0 atom stereocenters. The first-order valence-electron chi connectivity index (χ1n) is 5.97. The van der Waals surface area contributed by atoms with Crippen molar-refractivity contribution in [3.8, 4) is 0 Å². The Labute approximate surface area is 112 Å². The molecule has 0 spiro atoms. The predicted molar refractivity (Wildman–Crippen MR) is 79.9 cm³/mol. The van der Waals surface area contributed by atoms with Gasteiger partial charge in [-0.2, -0.15) is 0 Å². The third kappa shape index (κ3) is 3.45. The normalized spacial score (nSPS) is 17.8. The lowest BCUT2D eigenvalue weighted by atomic mass is 10.2. The molecule has 0 fully saturated rings. The van der Waals surface area contributed by atoms with E-state index in [4.69, 9.17) is 11.5 Å². The third-order valence-corrected chi connectivity index (χ3v) is 2.68. The SMILES string of the molecule is CN=C1NC=C(N)CC=C1N=Cc1ccc(N)cc1. The summed E-state index contributed by atoms with van der Waals surface area (Å²) in [5.74, 6) is 0.701. The third-order valence-electron chi connectivity index (χ3n) is 2.68. The first-order chi connectivity index (χ1) is 9.19. The van der Waals surface area contributed by atoms with Crippen molar-refractivity contribution >= 4 is 17.7 Å². The number of amidine groups is 1. The maximum atomic E-state index is 5.77. The molecule has 2 rings (SSSR count).